The maximum Gasteiger partial charge on any atom is 0.417 e. The topological polar surface area (TPSA) is 147 Å². The van der Waals surface area contributed by atoms with Crippen LogP contribution in [0.4, 0.5) is 19.0 Å². The van der Waals surface area contributed by atoms with Gasteiger partial charge < -0.3 is 14.6 Å². The highest BCUT2D eigenvalue weighted by atomic mass is 35.5. The average molecular weight is 732 g/mol. The van der Waals surface area contributed by atoms with Gasteiger partial charge in [-0.1, -0.05) is 47.0 Å². The molecule has 1 saturated carbocycles. The van der Waals surface area contributed by atoms with Gasteiger partial charge >= 0.3 is 6.18 Å². The fraction of sp³-hybridized carbons (Fsp3) is 0.324. The molecule has 1 aromatic heterocycles. The van der Waals surface area contributed by atoms with E-state index in [1.165, 1.54) is 26.4 Å². The van der Waals surface area contributed by atoms with Crippen LogP contribution in [0, 0.1) is 23.7 Å². The number of nitrogens with one attached hydrogen (secondary N) is 2. The molecule has 0 bridgehead atoms. The number of pyridine rings is 1. The van der Waals surface area contributed by atoms with Crippen LogP contribution in [0.1, 0.15) is 35.4 Å². The quantitative estimate of drug-likeness (QED) is 0.224. The monoisotopic (exact) mass is 730 g/mol. The summed E-state index contributed by atoms with van der Waals surface area (Å²) in [6.07, 6.45) is -2.29. The van der Waals surface area contributed by atoms with Crippen molar-refractivity contribution in [3.63, 3.8) is 0 Å². The number of rotatable bonds is 6. The second-order valence-corrected chi connectivity index (χ2v) is 13.4. The molecule has 3 fully saturated rings. The van der Waals surface area contributed by atoms with Crippen molar-refractivity contribution in [3.8, 4) is 17.2 Å². The molecule has 4 aliphatic rings. The van der Waals surface area contributed by atoms with Crippen LogP contribution in [0.15, 0.2) is 60.3 Å². The van der Waals surface area contributed by atoms with E-state index in [0.717, 1.165) is 0 Å². The number of allylic oxidation sites excluding steroid dienone is 2. The molecule has 0 radical (unpaired) electrons. The van der Waals surface area contributed by atoms with E-state index >= 15 is 4.79 Å². The number of nitrogens with zero attached hydrogens (tertiary/aromatic N) is 2. The van der Waals surface area contributed by atoms with E-state index in [1.807, 2.05) is 6.08 Å². The molecule has 3 heterocycles. The molecule has 0 spiro atoms. The number of fused-ring (bicyclic) bond motifs is 4. The smallest absolute Gasteiger partial charge is 0.417 e. The summed E-state index contributed by atoms with van der Waals surface area (Å²) < 4.78 is 51.1. The largest absolute Gasteiger partial charge is 0.502 e. The van der Waals surface area contributed by atoms with Gasteiger partial charge in [-0.3, -0.25) is 29.9 Å². The Morgan fingerprint density at radius 2 is 1.66 bits per heavy atom. The SMILES string of the molecule is COc1cc(C2C3=CCC4C(=O)NC(=O)C4C3CC3C(=O)N(Nc4ncc(C(F)(F)F)cc4Cl)C(=O)C32c2ccc(Cl)cc2)cc(OC)c1O. The van der Waals surface area contributed by atoms with Crippen molar-refractivity contribution in [2.45, 2.75) is 30.4 Å². The number of halogens is 5. The molecule has 7 rings (SSSR count). The van der Waals surface area contributed by atoms with E-state index in [0.29, 0.717) is 39.0 Å². The molecule has 260 valence electrons. The Bertz CT molecular complexity index is 1980. The van der Waals surface area contributed by atoms with Crippen LogP contribution < -0.4 is 20.2 Å². The van der Waals surface area contributed by atoms with E-state index in [-0.39, 0.29) is 35.9 Å². The molecule has 16 heteroatoms. The van der Waals surface area contributed by atoms with Gasteiger partial charge in [0.05, 0.1) is 48.0 Å². The number of methoxy groups -OCH3 is 2. The van der Waals surface area contributed by atoms with Crippen molar-refractivity contribution in [1.29, 1.82) is 0 Å². The Morgan fingerprint density at radius 1 is 1.00 bits per heavy atom. The summed E-state index contributed by atoms with van der Waals surface area (Å²) in [7, 11) is 2.66. The lowest BCUT2D eigenvalue weighted by Gasteiger charge is -2.50. The average Bonchev–Trinajstić information content (AvgIpc) is 3.49. The predicted octanol–water partition coefficient (Wildman–Crippen LogP) is 5.40. The van der Waals surface area contributed by atoms with E-state index in [4.69, 9.17) is 32.7 Å². The standard InChI is InChI=1S/C34H27Cl2F3N4O7/c1-49-23-9-14(10-24(50-2)27(23)44)26-18-7-8-19-25(30(46)41-29(19)45)20(18)12-21-31(47)43(32(48)33(21,26)15-3-5-17(35)6-4-15)42-28-22(36)11-16(13-40-28)34(37,38)39/h3-7,9-11,13,19-21,25-26,44H,8,12H2,1-2H3,(H,40,42)(H,41,45,46). The van der Waals surface area contributed by atoms with Crippen LogP contribution in [-0.2, 0) is 30.8 Å². The summed E-state index contributed by atoms with van der Waals surface area (Å²) >= 11 is 12.5. The number of phenolic OH excluding ortho intramolecular Hbond substituents is 1. The summed E-state index contributed by atoms with van der Waals surface area (Å²) in [5.41, 5.74) is 1.02. The molecule has 2 aromatic carbocycles. The second-order valence-electron chi connectivity index (χ2n) is 12.5. The number of aromatic nitrogens is 1. The van der Waals surface area contributed by atoms with Crippen LogP contribution in [-0.4, -0.2) is 52.9 Å². The molecule has 6 atom stereocenters. The number of aromatic hydroxyl groups is 1. The maximum atomic E-state index is 15.2. The van der Waals surface area contributed by atoms with Gasteiger partial charge in [-0.15, -0.1) is 0 Å². The van der Waals surface area contributed by atoms with E-state index in [9.17, 15) is 32.7 Å². The Hall–Kier alpha value is -4.82. The van der Waals surface area contributed by atoms with Crippen LogP contribution >= 0.6 is 23.2 Å². The van der Waals surface area contributed by atoms with Crippen molar-refractivity contribution in [2.24, 2.45) is 23.7 Å². The zero-order valence-electron chi connectivity index (χ0n) is 26.2. The van der Waals surface area contributed by atoms with Crippen molar-refractivity contribution in [2.75, 3.05) is 19.6 Å². The molecule has 6 unspecified atom stereocenters. The van der Waals surface area contributed by atoms with Gasteiger partial charge in [0, 0.05) is 17.1 Å². The van der Waals surface area contributed by atoms with Gasteiger partial charge in [0.2, 0.25) is 17.6 Å². The van der Waals surface area contributed by atoms with Crippen LogP contribution in [0.25, 0.3) is 0 Å². The van der Waals surface area contributed by atoms with E-state index in [2.05, 4.69) is 15.7 Å². The lowest BCUT2D eigenvalue weighted by molar-refractivity contribution is -0.139. The number of benzene rings is 2. The zero-order chi connectivity index (χ0) is 35.9. The fourth-order valence-electron chi connectivity index (χ4n) is 8.15. The molecule has 2 saturated heterocycles. The van der Waals surface area contributed by atoms with Gasteiger partial charge in [0.15, 0.2) is 17.3 Å². The van der Waals surface area contributed by atoms with Gasteiger partial charge in [-0.2, -0.15) is 18.2 Å². The van der Waals surface area contributed by atoms with Crippen molar-refractivity contribution >= 4 is 52.6 Å². The Labute approximate surface area is 292 Å². The third-order valence-electron chi connectivity index (χ3n) is 10.2. The number of anilines is 1. The number of alkyl halides is 3. The molecule has 2 aliphatic heterocycles. The number of hydrogen-bond donors (Lipinski definition) is 3. The Morgan fingerprint density at radius 3 is 2.26 bits per heavy atom. The lowest BCUT2D eigenvalue weighted by atomic mass is 9.49. The number of carbonyl (C=O) groups is 4. The maximum absolute atomic E-state index is 15.2. The molecule has 2 aliphatic carbocycles. The van der Waals surface area contributed by atoms with Crippen molar-refractivity contribution < 1.29 is 46.9 Å². The van der Waals surface area contributed by atoms with E-state index < -0.39 is 75.4 Å². The summed E-state index contributed by atoms with van der Waals surface area (Å²) in [4.78, 5) is 59.7. The highest BCUT2D eigenvalue weighted by Crippen LogP contribution is 2.64. The number of amides is 4. The van der Waals surface area contributed by atoms with Crippen molar-refractivity contribution in [1.82, 2.24) is 15.3 Å². The van der Waals surface area contributed by atoms with E-state index in [1.54, 1.807) is 24.3 Å². The number of hydrogen-bond acceptors (Lipinski definition) is 9. The minimum atomic E-state index is -4.75. The Balaban J connectivity index is 1.47. The minimum Gasteiger partial charge on any atom is -0.502 e. The molecule has 4 amide bonds. The summed E-state index contributed by atoms with van der Waals surface area (Å²) in [6, 6.07) is 9.96. The first-order valence-electron chi connectivity index (χ1n) is 15.4. The number of imide groups is 2. The second kappa shape index (κ2) is 11.9. The predicted molar refractivity (Wildman–Crippen MR) is 171 cm³/mol. The van der Waals surface area contributed by atoms with Gasteiger partial charge in [0.1, 0.15) is 0 Å². The number of phenols is 1. The summed E-state index contributed by atoms with van der Waals surface area (Å²) in [5.74, 6) is -7.65. The minimum absolute atomic E-state index is 0.000146. The zero-order valence-corrected chi connectivity index (χ0v) is 27.7. The lowest BCUT2D eigenvalue weighted by Crippen LogP contribution is -2.53. The molecule has 50 heavy (non-hydrogen) atoms. The fourth-order valence-corrected chi connectivity index (χ4v) is 8.48. The highest BCUT2D eigenvalue weighted by molar-refractivity contribution is 6.33. The number of hydrazine groups is 1. The number of ether oxygens (including phenoxy) is 2. The third kappa shape index (κ3) is 4.90. The van der Waals surface area contributed by atoms with Crippen LogP contribution in [0.3, 0.4) is 0 Å². The molecular formula is C34H27Cl2F3N4O7. The van der Waals surface area contributed by atoms with Gasteiger partial charge in [-0.25, -0.2) is 4.98 Å². The molecule has 11 nitrogen and oxygen atoms in total. The Kier molecular flexibility index (Phi) is 8.02. The summed E-state index contributed by atoms with van der Waals surface area (Å²) in [5, 5.41) is 13.8. The molecule has 3 N–H and O–H groups in total. The first-order valence-corrected chi connectivity index (χ1v) is 16.1. The normalized spacial score (nSPS) is 27.3. The van der Waals surface area contributed by atoms with Gasteiger partial charge in [0.25, 0.3) is 11.8 Å². The number of carbonyl (C=O) groups excluding carboxylic acids is 4. The van der Waals surface area contributed by atoms with Crippen molar-refractivity contribution in [3.05, 3.63) is 87.0 Å². The van der Waals surface area contributed by atoms with Gasteiger partial charge in [-0.05, 0) is 60.2 Å². The first-order chi connectivity index (χ1) is 23.7. The van der Waals surface area contributed by atoms with Crippen LogP contribution in [0.2, 0.25) is 10.0 Å². The molecule has 3 aromatic rings. The highest BCUT2D eigenvalue weighted by Gasteiger charge is 2.70. The first kappa shape index (κ1) is 33.7. The molecular weight excluding hydrogens is 704 g/mol. The summed E-state index contributed by atoms with van der Waals surface area (Å²) in [6.45, 7) is 0. The third-order valence-corrected chi connectivity index (χ3v) is 10.8. The van der Waals surface area contributed by atoms with Crippen LogP contribution in [0.5, 0.6) is 17.2 Å².